The topological polar surface area (TPSA) is 46.0 Å². The van der Waals surface area contributed by atoms with E-state index in [-0.39, 0.29) is 0 Å². The minimum atomic E-state index is -1.01. The molecule has 0 amide bonds. The second-order valence-corrected chi connectivity index (χ2v) is 4.10. The van der Waals surface area contributed by atoms with Crippen LogP contribution >= 0.6 is 0 Å². The highest BCUT2D eigenvalue weighted by molar-refractivity contribution is 5.78. The van der Waals surface area contributed by atoms with E-state index in [1.54, 1.807) is 13.8 Å². The lowest BCUT2D eigenvalue weighted by atomic mass is 10.1. The molecule has 1 aromatic carbocycles. The Morgan fingerprint density at radius 1 is 1.19 bits per heavy atom. The molecule has 0 fully saturated rings. The molecule has 0 atom stereocenters. The molecule has 0 unspecified atom stereocenters. The molecule has 0 saturated heterocycles. The highest BCUT2D eigenvalue weighted by Crippen LogP contribution is 2.10. The lowest BCUT2D eigenvalue weighted by Crippen LogP contribution is -2.14. The van der Waals surface area contributed by atoms with Gasteiger partial charge in [-0.1, -0.05) is 24.1 Å². The van der Waals surface area contributed by atoms with Gasteiger partial charge in [-0.15, -0.1) is 10.2 Å². The molecule has 0 bridgehead atoms. The fourth-order valence-corrected chi connectivity index (χ4v) is 1.26. The van der Waals surface area contributed by atoms with Gasteiger partial charge in [-0.3, -0.25) is 0 Å². The van der Waals surface area contributed by atoms with E-state index < -0.39 is 5.60 Å². The van der Waals surface area contributed by atoms with Crippen molar-refractivity contribution in [2.45, 2.75) is 19.4 Å². The van der Waals surface area contributed by atoms with Gasteiger partial charge in [-0.2, -0.15) is 0 Å². The molecule has 2 rings (SSSR count). The quantitative estimate of drug-likeness (QED) is 0.677. The molecule has 0 aliphatic carbocycles. The lowest BCUT2D eigenvalue weighted by Gasteiger charge is -2.05. The van der Waals surface area contributed by atoms with Crippen LogP contribution in [0.4, 0.5) is 0 Å². The van der Waals surface area contributed by atoms with Crippen LogP contribution in [-0.4, -0.2) is 20.9 Å². The highest BCUT2D eigenvalue weighted by atomic mass is 16.3. The molecule has 3 heteroatoms. The number of aromatic nitrogens is 2. The summed E-state index contributed by atoms with van der Waals surface area (Å²) >= 11 is 0. The van der Waals surface area contributed by atoms with E-state index in [9.17, 15) is 5.11 Å². The molecular formula is C13H12N2O. The van der Waals surface area contributed by atoms with Gasteiger partial charge in [0.15, 0.2) is 0 Å². The first-order chi connectivity index (χ1) is 7.54. The van der Waals surface area contributed by atoms with Gasteiger partial charge >= 0.3 is 0 Å². The summed E-state index contributed by atoms with van der Waals surface area (Å²) in [5, 5.41) is 18.5. The Hall–Kier alpha value is -1.92. The van der Waals surface area contributed by atoms with Crippen molar-refractivity contribution in [3.63, 3.8) is 0 Å². The van der Waals surface area contributed by atoms with E-state index in [2.05, 4.69) is 22.0 Å². The van der Waals surface area contributed by atoms with Crippen LogP contribution in [0.25, 0.3) is 10.9 Å². The maximum atomic E-state index is 9.47. The normalized spacial score (nSPS) is 10.9. The lowest BCUT2D eigenvalue weighted by molar-refractivity contribution is 0.143. The predicted molar refractivity (Wildman–Crippen MR) is 62.7 cm³/mol. The van der Waals surface area contributed by atoms with E-state index in [0.717, 1.165) is 10.9 Å². The first kappa shape index (κ1) is 10.6. The average molecular weight is 212 g/mol. The minimum Gasteiger partial charge on any atom is -0.378 e. The maximum absolute atomic E-state index is 9.47. The van der Waals surface area contributed by atoms with E-state index in [1.165, 1.54) is 0 Å². The number of fused-ring (bicyclic) bond motifs is 1. The van der Waals surface area contributed by atoms with Gasteiger partial charge in [0.05, 0.1) is 5.52 Å². The number of benzene rings is 1. The molecule has 0 radical (unpaired) electrons. The minimum absolute atomic E-state index is 0.570. The summed E-state index contributed by atoms with van der Waals surface area (Å²) in [6, 6.07) is 9.58. The average Bonchev–Trinajstić information content (AvgIpc) is 2.25. The van der Waals surface area contributed by atoms with Gasteiger partial charge in [0, 0.05) is 5.39 Å². The van der Waals surface area contributed by atoms with E-state index in [0.29, 0.717) is 5.69 Å². The van der Waals surface area contributed by atoms with Gasteiger partial charge in [0.25, 0.3) is 0 Å². The Bertz CT molecular complexity index is 573. The Morgan fingerprint density at radius 3 is 2.69 bits per heavy atom. The third-order valence-corrected chi connectivity index (χ3v) is 1.99. The van der Waals surface area contributed by atoms with Crippen LogP contribution in [0.15, 0.2) is 30.3 Å². The first-order valence-corrected chi connectivity index (χ1v) is 5.03. The van der Waals surface area contributed by atoms with E-state index >= 15 is 0 Å². The first-order valence-electron chi connectivity index (χ1n) is 5.03. The van der Waals surface area contributed by atoms with Gasteiger partial charge in [-0.05, 0) is 31.9 Å². The molecule has 80 valence electrons. The summed E-state index contributed by atoms with van der Waals surface area (Å²) in [6.45, 7) is 3.27. The highest BCUT2D eigenvalue weighted by Gasteiger charge is 2.06. The van der Waals surface area contributed by atoms with Crippen molar-refractivity contribution >= 4 is 10.9 Å². The Balaban J connectivity index is 2.43. The molecule has 0 aliphatic heterocycles. The number of hydrogen-bond acceptors (Lipinski definition) is 3. The second-order valence-electron chi connectivity index (χ2n) is 4.10. The SMILES string of the molecule is CC(C)(O)C#Cc1cc2ccccc2nn1. The van der Waals surface area contributed by atoms with Gasteiger partial charge in [0.1, 0.15) is 11.3 Å². The number of aliphatic hydroxyl groups is 1. The molecule has 3 nitrogen and oxygen atoms in total. The Labute approximate surface area is 94.1 Å². The van der Waals surface area contributed by atoms with Gasteiger partial charge < -0.3 is 5.11 Å². The Morgan fingerprint density at radius 2 is 1.94 bits per heavy atom. The molecule has 2 aromatic rings. The van der Waals surface area contributed by atoms with Crippen LogP contribution in [0.2, 0.25) is 0 Å². The second kappa shape index (κ2) is 3.92. The standard InChI is InChI=1S/C13H12N2O/c1-13(2,16)8-7-11-9-10-5-3-4-6-12(10)15-14-11/h3-6,9,16H,1-2H3. The van der Waals surface area contributed by atoms with Gasteiger partial charge in [0.2, 0.25) is 0 Å². The summed E-state index contributed by atoms with van der Waals surface area (Å²) in [6.07, 6.45) is 0. The zero-order valence-corrected chi connectivity index (χ0v) is 9.23. The maximum Gasteiger partial charge on any atom is 0.136 e. The summed E-state index contributed by atoms with van der Waals surface area (Å²) in [5.74, 6) is 5.51. The Kier molecular flexibility index (Phi) is 2.59. The molecular weight excluding hydrogens is 200 g/mol. The van der Waals surface area contributed by atoms with Crippen molar-refractivity contribution < 1.29 is 5.11 Å². The van der Waals surface area contributed by atoms with Crippen LogP contribution in [-0.2, 0) is 0 Å². The third-order valence-electron chi connectivity index (χ3n) is 1.99. The zero-order valence-electron chi connectivity index (χ0n) is 9.23. The monoisotopic (exact) mass is 212 g/mol. The van der Waals surface area contributed by atoms with Crippen molar-refractivity contribution in [2.75, 3.05) is 0 Å². The van der Waals surface area contributed by atoms with Crippen molar-refractivity contribution in [1.82, 2.24) is 10.2 Å². The zero-order chi connectivity index (χ0) is 11.6. The van der Waals surface area contributed by atoms with Crippen LogP contribution < -0.4 is 0 Å². The fourth-order valence-electron chi connectivity index (χ4n) is 1.26. The number of hydrogen-bond donors (Lipinski definition) is 1. The van der Waals surface area contributed by atoms with E-state index in [1.807, 2.05) is 30.3 Å². The van der Waals surface area contributed by atoms with Crippen molar-refractivity contribution in [2.24, 2.45) is 0 Å². The van der Waals surface area contributed by atoms with Crippen LogP contribution in [0.3, 0.4) is 0 Å². The van der Waals surface area contributed by atoms with Crippen molar-refractivity contribution in [3.8, 4) is 11.8 Å². The van der Waals surface area contributed by atoms with Crippen LogP contribution in [0.5, 0.6) is 0 Å². The molecule has 1 aromatic heterocycles. The summed E-state index contributed by atoms with van der Waals surface area (Å²) in [7, 11) is 0. The van der Waals surface area contributed by atoms with Crippen molar-refractivity contribution in [1.29, 1.82) is 0 Å². The number of nitrogens with zero attached hydrogens (tertiary/aromatic N) is 2. The third kappa shape index (κ3) is 2.56. The fraction of sp³-hybridized carbons (Fsp3) is 0.231. The predicted octanol–water partition coefficient (Wildman–Crippen LogP) is 1.75. The molecule has 0 aliphatic rings. The summed E-state index contributed by atoms with van der Waals surface area (Å²) in [5.41, 5.74) is 0.407. The molecule has 16 heavy (non-hydrogen) atoms. The largest absolute Gasteiger partial charge is 0.378 e. The van der Waals surface area contributed by atoms with Gasteiger partial charge in [-0.25, -0.2) is 0 Å². The van der Waals surface area contributed by atoms with Crippen LogP contribution in [0.1, 0.15) is 19.5 Å². The molecule has 1 heterocycles. The molecule has 1 N–H and O–H groups in total. The van der Waals surface area contributed by atoms with E-state index in [4.69, 9.17) is 0 Å². The summed E-state index contributed by atoms with van der Waals surface area (Å²) in [4.78, 5) is 0. The molecule has 0 spiro atoms. The summed E-state index contributed by atoms with van der Waals surface area (Å²) < 4.78 is 0. The van der Waals surface area contributed by atoms with Crippen molar-refractivity contribution in [3.05, 3.63) is 36.0 Å². The number of rotatable bonds is 0. The smallest absolute Gasteiger partial charge is 0.136 e. The van der Waals surface area contributed by atoms with Crippen LogP contribution in [0, 0.1) is 11.8 Å². The molecule has 0 saturated carbocycles.